The second-order valence-electron chi connectivity index (χ2n) is 6.55. The summed E-state index contributed by atoms with van der Waals surface area (Å²) in [7, 11) is 0. The molecule has 0 aliphatic carbocycles. The number of nitrogens with one attached hydrogen (secondary N) is 1. The average Bonchev–Trinajstić information content (AvgIpc) is 2.43. The van der Waals surface area contributed by atoms with Crippen LogP contribution in [0.4, 0.5) is 5.69 Å². The minimum Gasteiger partial charge on any atom is -0.481 e. The number of carboxylic acids is 1. The summed E-state index contributed by atoms with van der Waals surface area (Å²) in [5.41, 5.74) is 0.236. The van der Waals surface area contributed by atoms with Gasteiger partial charge in [-0.05, 0) is 24.8 Å². The van der Waals surface area contributed by atoms with E-state index in [1.165, 1.54) is 6.07 Å². The van der Waals surface area contributed by atoms with Gasteiger partial charge in [0.2, 0.25) is 0 Å². The lowest BCUT2D eigenvalue weighted by Crippen LogP contribution is -2.33. The summed E-state index contributed by atoms with van der Waals surface area (Å²) in [6, 6.07) is 4.07. The molecule has 0 aliphatic rings. The number of carboxylic acid groups (broad SMARTS) is 1. The Hall–Kier alpha value is -2.44. The lowest BCUT2D eigenvalue weighted by molar-refractivity contribution is -0.386. The Labute approximate surface area is 134 Å². The van der Waals surface area contributed by atoms with E-state index in [1.807, 2.05) is 20.8 Å². The number of hydrogen-bond donors (Lipinski definition) is 2. The van der Waals surface area contributed by atoms with Crippen LogP contribution in [0.5, 0.6) is 0 Å². The first-order chi connectivity index (χ1) is 10.5. The van der Waals surface area contributed by atoms with Crippen LogP contribution < -0.4 is 5.32 Å². The molecule has 0 fully saturated rings. The summed E-state index contributed by atoms with van der Waals surface area (Å²) in [4.78, 5) is 33.4. The largest absolute Gasteiger partial charge is 0.481 e. The molecule has 0 bridgehead atoms. The summed E-state index contributed by atoms with van der Waals surface area (Å²) in [6.07, 6.45) is 0.244. The van der Waals surface area contributed by atoms with Gasteiger partial charge in [0.15, 0.2) is 0 Å². The standard InChI is InChI=1S/C16H22N2O5/c1-10(5-8-14(19)20)17-15(21)11-6-7-12(16(2,3)4)13(9-11)18(22)23/h6-7,9-10H,5,8H2,1-4H3,(H,17,21)(H,19,20). The van der Waals surface area contributed by atoms with Crippen LogP contribution in [0.3, 0.4) is 0 Å². The molecule has 126 valence electrons. The van der Waals surface area contributed by atoms with Crippen LogP contribution in [0.25, 0.3) is 0 Å². The summed E-state index contributed by atoms with van der Waals surface area (Å²) in [5.74, 6) is -1.39. The van der Waals surface area contributed by atoms with Crippen molar-refractivity contribution in [3.8, 4) is 0 Å². The Morgan fingerprint density at radius 3 is 2.43 bits per heavy atom. The second kappa shape index (κ2) is 7.21. The highest BCUT2D eigenvalue weighted by atomic mass is 16.6. The van der Waals surface area contributed by atoms with E-state index in [0.717, 1.165) is 0 Å². The summed E-state index contributed by atoms with van der Waals surface area (Å²) >= 11 is 0. The first-order valence-corrected chi connectivity index (χ1v) is 7.34. The van der Waals surface area contributed by atoms with E-state index in [0.29, 0.717) is 12.0 Å². The third-order valence-corrected chi connectivity index (χ3v) is 3.43. The third kappa shape index (κ3) is 5.36. The smallest absolute Gasteiger partial charge is 0.303 e. The van der Waals surface area contributed by atoms with Crippen LogP contribution in [0.2, 0.25) is 0 Å². The molecule has 0 aliphatic heterocycles. The first kappa shape index (κ1) is 18.6. The fourth-order valence-electron chi connectivity index (χ4n) is 2.18. The van der Waals surface area contributed by atoms with E-state index < -0.39 is 22.2 Å². The Kier molecular flexibility index (Phi) is 5.84. The number of rotatable bonds is 6. The van der Waals surface area contributed by atoms with Crippen LogP contribution in [0, 0.1) is 10.1 Å². The van der Waals surface area contributed by atoms with Gasteiger partial charge in [0.25, 0.3) is 11.6 Å². The fraction of sp³-hybridized carbons (Fsp3) is 0.500. The Morgan fingerprint density at radius 2 is 1.96 bits per heavy atom. The molecule has 7 nitrogen and oxygen atoms in total. The molecule has 7 heteroatoms. The molecule has 1 aromatic carbocycles. The molecule has 0 saturated heterocycles. The number of carbonyl (C=O) groups excluding carboxylic acids is 1. The molecule has 0 spiro atoms. The van der Waals surface area contributed by atoms with Gasteiger partial charge in [-0.2, -0.15) is 0 Å². The Morgan fingerprint density at radius 1 is 1.35 bits per heavy atom. The van der Waals surface area contributed by atoms with E-state index in [9.17, 15) is 19.7 Å². The Bertz CT molecular complexity index is 619. The molecule has 1 atom stereocenters. The van der Waals surface area contributed by atoms with Gasteiger partial charge in [-0.15, -0.1) is 0 Å². The molecule has 1 aromatic rings. The van der Waals surface area contributed by atoms with Crippen molar-refractivity contribution in [3.05, 3.63) is 39.4 Å². The summed E-state index contributed by atoms with van der Waals surface area (Å²) < 4.78 is 0. The van der Waals surface area contributed by atoms with Crippen LogP contribution in [-0.2, 0) is 10.2 Å². The van der Waals surface area contributed by atoms with E-state index in [-0.39, 0.29) is 23.7 Å². The van der Waals surface area contributed by atoms with Crippen LogP contribution in [-0.4, -0.2) is 27.9 Å². The highest BCUT2D eigenvalue weighted by Crippen LogP contribution is 2.31. The highest BCUT2D eigenvalue weighted by molar-refractivity contribution is 5.95. The molecule has 0 aromatic heterocycles. The quantitative estimate of drug-likeness (QED) is 0.618. The molecular formula is C16H22N2O5. The maximum Gasteiger partial charge on any atom is 0.303 e. The van der Waals surface area contributed by atoms with Gasteiger partial charge in [-0.25, -0.2) is 0 Å². The number of aliphatic carboxylic acids is 1. The maximum absolute atomic E-state index is 12.2. The maximum atomic E-state index is 12.2. The highest BCUT2D eigenvalue weighted by Gasteiger charge is 2.26. The van der Waals surface area contributed by atoms with Crippen molar-refractivity contribution in [3.63, 3.8) is 0 Å². The van der Waals surface area contributed by atoms with Crippen LogP contribution in [0.15, 0.2) is 18.2 Å². The van der Waals surface area contributed by atoms with Gasteiger partial charge >= 0.3 is 5.97 Å². The molecule has 2 N–H and O–H groups in total. The van der Waals surface area contributed by atoms with E-state index in [1.54, 1.807) is 19.1 Å². The zero-order valence-electron chi connectivity index (χ0n) is 13.8. The number of nitrogens with zero attached hydrogens (tertiary/aromatic N) is 1. The van der Waals surface area contributed by atoms with Crippen LogP contribution >= 0.6 is 0 Å². The van der Waals surface area contributed by atoms with Gasteiger partial charge in [0.1, 0.15) is 0 Å². The molecule has 1 rings (SSSR count). The molecule has 0 saturated carbocycles. The monoisotopic (exact) mass is 322 g/mol. The van der Waals surface area contributed by atoms with E-state index in [4.69, 9.17) is 5.11 Å². The van der Waals surface area contributed by atoms with Crippen molar-refractivity contribution in [1.82, 2.24) is 5.32 Å². The van der Waals surface area contributed by atoms with Gasteiger partial charge in [0, 0.05) is 29.7 Å². The molecule has 0 radical (unpaired) electrons. The molecule has 1 unspecified atom stereocenters. The number of nitro benzene ring substituents is 1. The number of nitro groups is 1. The zero-order valence-corrected chi connectivity index (χ0v) is 13.8. The second-order valence-corrected chi connectivity index (χ2v) is 6.55. The summed E-state index contributed by atoms with van der Waals surface area (Å²) in [5, 5.41) is 22.5. The first-order valence-electron chi connectivity index (χ1n) is 7.34. The number of benzene rings is 1. The number of carbonyl (C=O) groups is 2. The molecular weight excluding hydrogens is 300 g/mol. The molecule has 1 amide bonds. The van der Waals surface area contributed by atoms with E-state index >= 15 is 0 Å². The normalized spacial score (nSPS) is 12.5. The predicted octanol–water partition coefficient (Wildman–Crippen LogP) is 2.88. The minimum atomic E-state index is -0.934. The van der Waals surface area contributed by atoms with Crippen LogP contribution in [0.1, 0.15) is 56.5 Å². The van der Waals surface area contributed by atoms with Crippen molar-refractivity contribution in [2.24, 2.45) is 0 Å². The zero-order chi connectivity index (χ0) is 17.8. The Balaban J connectivity index is 2.96. The molecule has 23 heavy (non-hydrogen) atoms. The van der Waals surface area contributed by atoms with Gasteiger partial charge in [0.05, 0.1) is 4.92 Å². The van der Waals surface area contributed by atoms with Gasteiger partial charge in [-0.3, -0.25) is 19.7 Å². The predicted molar refractivity (Wildman–Crippen MR) is 85.6 cm³/mol. The topological polar surface area (TPSA) is 110 Å². The molecule has 0 heterocycles. The third-order valence-electron chi connectivity index (χ3n) is 3.43. The summed E-state index contributed by atoms with van der Waals surface area (Å²) in [6.45, 7) is 7.29. The number of hydrogen-bond acceptors (Lipinski definition) is 4. The number of amides is 1. The van der Waals surface area contributed by atoms with Crippen molar-refractivity contribution < 1.29 is 19.6 Å². The lowest BCUT2D eigenvalue weighted by Gasteiger charge is -2.19. The van der Waals surface area contributed by atoms with E-state index in [2.05, 4.69) is 5.32 Å². The van der Waals surface area contributed by atoms with Crippen molar-refractivity contribution in [2.45, 2.75) is 52.0 Å². The van der Waals surface area contributed by atoms with Crippen molar-refractivity contribution in [1.29, 1.82) is 0 Å². The lowest BCUT2D eigenvalue weighted by atomic mass is 9.85. The van der Waals surface area contributed by atoms with Crippen molar-refractivity contribution >= 4 is 17.6 Å². The SMILES string of the molecule is CC(CCC(=O)O)NC(=O)c1ccc(C(C)(C)C)c([N+](=O)[O-])c1. The minimum absolute atomic E-state index is 0.0510. The van der Waals surface area contributed by atoms with Gasteiger partial charge in [-0.1, -0.05) is 26.8 Å². The average molecular weight is 322 g/mol. The fourth-order valence-corrected chi connectivity index (χ4v) is 2.18. The van der Waals surface area contributed by atoms with Gasteiger partial charge < -0.3 is 10.4 Å². The van der Waals surface area contributed by atoms with Crippen molar-refractivity contribution in [2.75, 3.05) is 0 Å².